The molecule has 0 fully saturated rings. The lowest BCUT2D eigenvalue weighted by molar-refractivity contribution is 0.0951. The number of phenolic OH excluding ortho intramolecular Hbond substituents is 2. The van der Waals surface area contributed by atoms with Gasteiger partial charge in [-0.25, -0.2) is 0 Å². The molecular weight excluding hydrogens is 270 g/mol. The lowest BCUT2D eigenvalue weighted by Crippen LogP contribution is -2.25. The maximum Gasteiger partial charge on any atom is 0.255 e. The number of aromatic hydroxyl groups is 2. The average Bonchev–Trinajstić information content (AvgIpc) is 2.49. The highest BCUT2D eigenvalue weighted by atomic mass is 16.5. The minimum atomic E-state index is -0.321. The third-order valence-corrected chi connectivity index (χ3v) is 3.09. The maximum absolute atomic E-state index is 11.9. The zero-order valence-electron chi connectivity index (χ0n) is 11.7. The van der Waals surface area contributed by atoms with E-state index in [2.05, 4.69) is 5.32 Å². The predicted octanol–water partition coefficient (Wildman–Crippen LogP) is 2.08. The number of para-hydroxylation sites is 1. The molecule has 0 unspecified atom stereocenters. The van der Waals surface area contributed by atoms with Crippen molar-refractivity contribution < 1.29 is 19.7 Å². The Morgan fingerprint density at radius 3 is 2.62 bits per heavy atom. The van der Waals surface area contributed by atoms with Crippen molar-refractivity contribution in [2.45, 2.75) is 6.42 Å². The van der Waals surface area contributed by atoms with Gasteiger partial charge in [-0.3, -0.25) is 4.79 Å². The topological polar surface area (TPSA) is 78.8 Å². The highest BCUT2D eigenvalue weighted by molar-refractivity contribution is 5.96. The van der Waals surface area contributed by atoms with Crippen LogP contribution in [0.3, 0.4) is 0 Å². The number of ether oxygens (including phenoxy) is 1. The van der Waals surface area contributed by atoms with E-state index in [9.17, 15) is 15.0 Å². The third kappa shape index (κ3) is 3.66. The van der Waals surface area contributed by atoms with Crippen LogP contribution in [0.4, 0.5) is 0 Å². The summed E-state index contributed by atoms with van der Waals surface area (Å²) in [4.78, 5) is 11.9. The van der Waals surface area contributed by atoms with Gasteiger partial charge in [0.05, 0.1) is 12.7 Å². The molecule has 2 rings (SSSR count). The molecule has 0 aromatic heterocycles. The average molecular weight is 287 g/mol. The molecule has 0 aliphatic rings. The van der Waals surface area contributed by atoms with Crippen LogP contribution in [0, 0.1) is 0 Å². The normalized spacial score (nSPS) is 10.1. The van der Waals surface area contributed by atoms with Gasteiger partial charge in [0.25, 0.3) is 5.91 Å². The molecule has 0 saturated carbocycles. The van der Waals surface area contributed by atoms with E-state index in [0.717, 1.165) is 5.56 Å². The van der Waals surface area contributed by atoms with Gasteiger partial charge in [-0.2, -0.15) is 0 Å². The molecule has 0 saturated heterocycles. The summed E-state index contributed by atoms with van der Waals surface area (Å²) in [6, 6.07) is 11.4. The van der Waals surface area contributed by atoms with Gasteiger partial charge in [0.15, 0.2) is 11.5 Å². The molecular formula is C16H17NO4. The summed E-state index contributed by atoms with van der Waals surface area (Å²) >= 11 is 0. The molecule has 21 heavy (non-hydrogen) atoms. The van der Waals surface area contributed by atoms with Gasteiger partial charge in [0.1, 0.15) is 5.75 Å². The standard InChI is InChI=1S/C16H17NO4/c1-21-15-10-11(6-7-14(15)19)8-9-17-16(20)12-4-2-3-5-13(12)18/h2-7,10,18-19H,8-9H2,1H3,(H,17,20). The number of methoxy groups -OCH3 is 1. The fraction of sp³-hybridized carbons (Fsp3) is 0.188. The van der Waals surface area contributed by atoms with Gasteiger partial charge in [0.2, 0.25) is 0 Å². The largest absolute Gasteiger partial charge is 0.507 e. The minimum absolute atomic E-state index is 0.0405. The molecule has 0 radical (unpaired) electrons. The van der Waals surface area contributed by atoms with Crippen LogP contribution >= 0.6 is 0 Å². The first-order valence-corrected chi connectivity index (χ1v) is 6.54. The lowest BCUT2D eigenvalue weighted by atomic mass is 10.1. The first-order valence-electron chi connectivity index (χ1n) is 6.54. The second kappa shape index (κ2) is 6.65. The van der Waals surface area contributed by atoms with Crippen molar-refractivity contribution in [2.24, 2.45) is 0 Å². The molecule has 1 amide bonds. The van der Waals surface area contributed by atoms with Crippen molar-refractivity contribution in [3.8, 4) is 17.2 Å². The quantitative estimate of drug-likeness (QED) is 0.786. The van der Waals surface area contributed by atoms with Crippen LogP contribution in [0.1, 0.15) is 15.9 Å². The van der Waals surface area contributed by atoms with Gasteiger partial charge < -0.3 is 20.3 Å². The molecule has 0 aliphatic heterocycles. The van der Waals surface area contributed by atoms with Crippen molar-refractivity contribution in [1.29, 1.82) is 0 Å². The summed E-state index contributed by atoms with van der Waals surface area (Å²) in [6.07, 6.45) is 0.593. The SMILES string of the molecule is COc1cc(CCNC(=O)c2ccccc2O)ccc1O. The van der Waals surface area contributed by atoms with Crippen LogP contribution in [0.2, 0.25) is 0 Å². The Hall–Kier alpha value is -2.69. The molecule has 0 bridgehead atoms. The maximum atomic E-state index is 11.9. The predicted molar refractivity (Wildman–Crippen MR) is 78.8 cm³/mol. The summed E-state index contributed by atoms with van der Waals surface area (Å²) in [6.45, 7) is 0.418. The zero-order chi connectivity index (χ0) is 15.2. The molecule has 5 nitrogen and oxygen atoms in total. The number of rotatable bonds is 5. The molecule has 5 heteroatoms. The number of benzene rings is 2. The van der Waals surface area contributed by atoms with Crippen molar-refractivity contribution in [3.63, 3.8) is 0 Å². The number of nitrogens with one attached hydrogen (secondary N) is 1. The van der Waals surface area contributed by atoms with Crippen LogP contribution in [0.5, 0.6) is 17.2 Å². The summed E-state index contributed by atoms with van der Waals surface area (Å²) in [5.74, 6) is 0.124. The minimum Gasteiger partial charge on any atom is -0.507 e. The summed E-state index contributed by atoms with van der Waals surface area (Å²) < 4.78 is 5.03. The van der Waals surface area contributed by atoms with E-state index in [1.165, 1.54) is 13.2 Å². The van der Waals surface area contributed by atoms with Crippen LogP contribution in [-0.4, -0.2) is 29.8 Å². The van der Waals surface area contributed by atoms with Gasteiger partial charge in [-0.15, -0.1) is 0 Å². The molecule has 0 atom stereocenters. The van der Waals surface area contributed by atoms with Crippen LogP contribution < -0.4 is 10.1 Å². The summed E-state index contributed by atoms with van der Waals surface area (Å²) in [7, 11) is 1.48. The summed E-state index contributed by atoms with van der Waals surface area (Å²) in [5, 5.41) is 21.8. The van der Waals surface area contributed by atoms with Crippen molar-refractivity contribution in [3.05, 3.63) is 53.6 Å². The number of carbonyl (C=O) groups is 1. The van der Waals surface area contributed by atoms with Crippen molar-refractivity contribution in [1.82, 2.24) is 5.32 Å². The van der Waals surface area contributed by atoms with Gasteiger partial charge >= 0.3 is 0 Å². The molecule has 0 heterocycles. The van der Waals surface area contributed by atoms with Crippen molar-refractivity contribution in [2.75, 3.05) is 13.7 Å². The number of amides is 1. The number of carbonyl (C=O) groups excluding carboxylic acids is 1. The fourth-order valence-corrected chi connectivity index (χ4v) is 1.96. The number of hydrogen-bond donors (Lipinski definition) is 3. The number of hydrogen-bond acceptors (Lipinski definition) is 4. The first-order chi connectivity index (χ1) is 10.1. The molecule has 2 aromatic rings. The lowest BCUT2D eigenvalue weighted by Gasteiger charge is -2.08. The van der Waals surface area contributed by atoms with Crippen LogP contribution in [0.25, 0.3) is 0 Å². The van der Waals surface area contributed by atoms with Crippen molar-refractivity contribution >= 4 is 5.91 Å². The third-order valence-electron chi connectivity index (χ3n) is 3.09. The van der Waals surface area contributed by atoms with Gasteiger partial charge in [0, 0.05) is 6.54 Å². The first kappa shape index (κ1) is 14.7. The zero-order valence-corrected chi connectivity index (χ0v) is 11.7. The highest BCUT2D eigenvalue weighted by Gasteiger charge is 2.09. The second-order valence-electron chi connectivity index (χ2n) is 4.53. The van der Waals surface area contributed by atoms with E-state index in [0.29, 0.717) is 18.7 Å². The van der Waals surface area contributed by atoms with E-state index < -0.39 is 0 Å². The van der Waals surface area contributed by atoms with E-state index in [1.807, 2.05) is 0 Å². The second-order valence-corrected chi connectivity index (χ2v) is 4.53. The summed E-state index contributed by atoms with van der Waals surface area (Å²) in [5.41, 5.74) is 1.18. The van der Waals surface area contributed by atoms with E-state index in [-0.39, 0.29) is 23.0 Å². The van der Waals surface area contributed by atoms with E-state index in [4.69, 9.17) is 4.74 Å². The Bertz CT molecular complexity index is 640. The number of phenols is 2. The fourth-order valence-electron chi connectivity index (χ4n) is 1.96. The Kier molecular flexibility index (Phi) is 4.66. The van der Waals surface area contributed by atoms with E-state index in [1.54, 1.807) is 36.4 Å². The Balaban J connectivity index is 1.93. The Morgan fingerprint density at radius 2 is 1.90 bits per heavy atom. The Morgan fingerprint density at radius 1 is 1.14 bits per heavy atom. The van der Waals surface area contributed by atoms with E-state index >= 15 is 0 Å². The van der Waals surface area contributed by atoms with Crippen LogP contribution in [-0.2, 0) is 6.42 Å². The Labute approximate surface area is 122 Å². The highest BCUT2D eigenvalue weighted by Crippen LogP contribution is 2.26. The molecule has 3 N–H and O–H groups in total. The van der Waals surface area contributed by atoms with Gasteiger partial charge in [-0.1, -0.05) is 18.2 Å². The molecule has 0 spiro atoms. The molecule has 0 aliphatic carbocycles. The van der Waals surface area contributed by atoms with Gasteiger partial charge in [-0.05, 0) is 36.2 Å². The van der Waals surface area contributed by atoms with Crippen LogP contribution in [0.15, 0.2) is 42.5 Å². The molecule has 2 aromatic carbocycles. The molecule has 110 valence electrons. The monoisotopic (exact) mass is 287 g/mol. The smallest absolute Gasteiger partial charge is 0.255 e.